The molecule has 0 aromatic heterocycles. The molecule has 0 fully saturated rings. The molecule has 0 heterocycles. The van der Waals surface area contributed by atoms with E-state index in [1.54, 1.807) is 6.92 Å². The number of rotatable bonds is 9. The van der Waals surface area contributed by atoms with Gasteiger partial charge in [0.25, 0.3) is 0 Å². The standard InChI is InChI=1S/C18H26N2O4/c1-13(2)18(3,12-17(23)24)20-15(21)9-10-19-16(22)11-14-7-5-4-6-8-14/h4-8,13H,9-12H2,1-3H3,(H,19,22)(H,20,21)(H,23,24). The molecule has 132 valence electrons. The fraction of sp³-hybridized carbons (Fsp3) is 0.500. The van der Waals surface area contributed by atoms with Gasteiger partial charge in [-0.3, -0.25) is 14.4 Å². The zero-order valence-electron chi connectivity index (χ0n) is 14.5. The minimum absolute atomic E-state index is 0.0229. The van der Waals surface area contributed by atoms with Crippen LogP contribution in [-0.4, -0.2) is 35.0 Å². The maximum atomic E-state index is 12.0. The van der Waals surface area contributed by atoms with Crippen molar-refractivity contribution in [2.45, 2.75) is 45.6 Å². The van der Waals surface area contributed by atoms with Gasteiger partial charge in [0.05, 0.1) is 12.8 Å². The molecule has 1 unspecified atom stereocenters. The Labute approximate surface area is 142 Å². The summed E-state index contributed by atoms with van der Waals surface area (Å²) in [6, 6.07) is 9.35. The molecule has 0 saturated heterocycles. The Bertz CT molecular complexity index is 572. The third kappa shape index (κ3) is 6.81. The van der Waals surface area contributed by atoms with Gasteiger partial charge in [0, 0.05) is 18.5 Å². The quantitative estimate of drug-likeness (QED) is 0.641. The van der Waals surface area contributed by atoms with Crippen molar-refractivity contribution in [3.8, 4) is 0 Å². The van der Waals surface area contributed by atoms with E-state index in [9.17, 15) is 14.4 Å². The van der Waals surface area contributed by atoms with Crippen molar-refractivity contribution in [3.05, 3.63) is 35.9 Å². The molecule has 3 N–H and O–H groups in total. The first-order valence-corrected chi connectivity index (χ1v) is 8.06. The number of aliphatic carboxylic acids is 1. The Kier molecular flexibility index (Phi) is 7.42. The zero-order chi connectivity index (χ0) is 18.2. The van der Waals surface area contributed by atoms with Crippen LogP contribution in [0.4, 0.5) is 0 Å². The second-order valence-electron chi connectivity index (χ2n) is 6.45. The lowest BCUT2D eigenvalue weighted by Gasteiger charge is -2.33. The monoisotopic (exact) mass is 334 g/mol. The predicted octanol–water partition coefficient (Wildman–Crippen LogP) is 1.74. The average Bonchev–Trinajstić information content (AvgIpc) is 2.47. The molecule has 2 amide bonds. The Hall–Kier alpha value is -2.37. The van der Waals surface area contributed by atoms with E-state index in [-0.39, 0.29) is 43.5 Å². The highest BCUT2D eigenvalue weighted by molar-refractivity contribution is 5.81. The summed E-state index contributed by atoms with van der Waals surface area (Å²) in [5.74, 6) is -1.40. The number of nitrogens with one attached hydrogen (secondary N) is 2. The lowest BCUT2D eigenvalue weighted by molar-refractivity contribution is -0.139. The van der Waals surface area contributed by atoms with Crippen LogP contribution in [-0.2, 0) is 20.8 Å². The predicted molar refractivity (Wildman–Crippen MR) is 91.4 cm³/mol. The van der Waals surface area contributed by atoms with Gasteiger partial charge in [0.15, 0.2) is 0 Å². The van der Waals surface area contributed by atoms with Crippen molar-refractivity contribution in [2.75, 3.05) is 6.54 Å². The first-order chi connectivity index (χ1) is 11.2. The van der Waals surface area contributed by atoms with Gasteiger partial charge in [0.1, 0.15) is 0 Å². The summed E-state index contributed by atoms with van der Waals surface area (Å²) in [7, 11) is 0. The highest BCUT2D eigenvalue weighted by atomic mass is 16.4. The fourth-order valence-electron chi connectivity index (χ4n) is 2.25. The van der Waals surface area contributed by atoms with E-state index >= 15 is 0 Å². The molecular weight excluding hydrogens is 308 g/mol. The summed E-state index contributed by atoms with van der Waals surface area (Å²) in [6.07, 6.45) is 0.240. The Morgan fingerprint density at radius 1 is 1.12 bits per heavy atom. The van der Waals surface area contributed by atoms with Crippen molar-refractivity contribution in [2.24, 2.45) is 5.92 Å². The molecule has 0 bridgehead atoms. The molecule has 1 atom stereocenters. The maximum absolute atomic E-state index is 12.0. The van der Waals surface area contributed by atoms with Crippen LogP contribution in [0, 0.1) is 5.92 Å². The third-order valence-corrected chi connectivity index (χ3v) is 4.10. The van der Waals surface area contributed by atoms with E-state index in [2.05, 4.69) is 10.6 Å². The summed E-state index contributed by atoms with van der Waals surface area (Å²) >= 11 is 0. The van der Waals surface area contributed by atoms with Crippen molar-refractivity contribution in [1.29, 1.82) is 0 Å². The molecule has 6 nitrogen and oxygen atoms in total. The van der Waals surface area contributed by atoms with Crippen LogP contribution in [0.5, 0.6) is 0 Å². The molecule has 1 rings (SSSR count). The molecule has 1 aromatic carbocycles. The van der Waals surface area contributed by atoms with Crippen molar-refractivity contribution >= 4 is 17.8 Å². The van der Waals surface area contributed by atoms with Gasteiger partial charge in [-0.15, -0.1) is 0 Å². The van der Waals surface area contributed by atoms with E-state index in [0.717, 1.165) is 5.56 Å². The molecule has 0 aliphatic rings. The minimum atomic E-state index is -0.956. The Morgan fingerprint density at radius 2 is 1.75 bits per heavy atom. The highest BCUT2D eigenvalue weighted by Gasteiger charge is 2.32. The second-order valence-corrected chi connectivity index (χ2v) is 6.45. The van der Waals surface area contributed by atoms with Gasteiger partial charge in [-0.25, -0.2) is 0 Å². The molecule has 0 spiro atoms. The van der Waals surface area contributed by atoms with E-state index < -0.39 is 11.5 Å². The molecule has 24 heavy (non-hydrogen) atoms. The SMILES string of the molecule is CC(C)C(C)(CC(=O)O)NC(=O)CCNC(=O)Cc1ccccc1. The number of hydrogen-bond acceptors (Lipinski definition) is 3. The van der Waals surface area contributed by atoms with Crippen LogP contribution < -0.4 is 10.6 Å². The number of benzene rings is 1. The van der Waals surface area contributed by atoms with Crippen LogP contribution in [0.3, 0.4) is 0 Å². The number of carboxylic acids is 1. The summed E-state index contributed by atoms with van der Waals surface area (Å²) < 4.78 is 0. The van der Waals surface area contributed by atoms with Gasteiger partial charge in [0.2, 0.25) is 11.8 Å². The average molecular weight is 334 g/mol. The molecule has 0 radical (unpaired) electrons. The van der Waals surface area contributed by atoms with E-state index in [1.807, 2.05) is 44.2 Å². The molecule has 1 aromatic rings. The number of hydrogen-bond donors (Lipinski definition) is 3. The fourth-order valence-corrected chi connectivity index (χ4v) is 2.25. The van der Waals surface area contributed by atoms with Crippen LogP contribution >= 0.6 is 0 Å². The molecule has 0 aliphatic carbocycles. The van der Waals surface area contributed by atoms with Crippen LogP contribution in [0.15, 0.2) is 30.3 Å². The van der Waals surface area contributed by atoms with Gasteiger partial charge >= 0.3 is 5.97 Å². The zero-order valence-corrected chi connectivity index (χ0v) is 14.5. The van der Waals surface area contributed by atoms with Crippen molar-refractivity contribution in [3.63, 3.8) is 0 Å². The normalized spacial score (nSPS) is 13.2. The second kappa shape index (κ2) is 9.05. The summed E-state index contributed by atoms with van der Waals surface area (Å²) in [5.41, 5.74) is 0.102. The Balaban J connectivity index is 2.39. The number of carbonyl (C=O) groups excluding carboxylic acids is 2. The van der Waals surface area contributed by atoms with E-state index in [4.69, 9.17) is 5.11 Å². The van der Waals surface area contributed by atoms with Crippen LogP contribution in [0.25, 0.3) is 0 Å². The number of amides is 2. The smallest absolute Gasteiger partial charge is 0.305 e. The van der Waals surface area contributed by atoms with Crippen LogP contribution in [0.2, 0.25) is 0 Å². The lowest BCUT2D eigenvalue weighted by atomic mass is 9.85. The van der Waals surface area contributed by atoms with Gasteiger partial charge in [-0.05, 0) is 18.4 Å². The largest absolute Gasteiger partial charge is 0.481 e. The molecule has 0 saturated carbocycles. The Morgan fingerprint density at radius 3 is 2.29 bits per heavy atom. The summed E-state index contributed by atoms with van der Waals surface area (Å²) in [4.78, 5) is 34.8. The van der Waals surface area contributed by atoms with E-state index in [0.29, 0.717) is 0 Å². The third-order valence-electron chi connectivity index (χ3n) is 4.10. The number of carbonyl (C=O) groups is 3. The molecule has 6 heteroatoms. The van der Waals surface area contributed by atoms with Gasteiger partial charge in [-0.1, -0.05) is 44.2 Å². The lowest BCUT2D eigenvalue weighted by Crippen LogP contribution is -2.51. The number of carboxylic acid groups (broad SMARTS) is 1. The van der Waals surface area contributed by atoms with E-state index in [1.165, 1.54) is 0 Å². The first-order valence-electron chi connectivity index (χ1n) is 8.06. The minimum Gasteiger partial charge on any atom is -0.481 e. The summed E-state index contributed by atoms with van der Waals surface area (Å²) in [6.45, 7) is 5.67. The van der Waals surface area contributed by atoms with Crippen molar-refractivity contribution < 1.29 is 19.5 Å². The van der Waals surface area contributed by atoms with Crippen molar-refractivity contribution in [1.82, 2.24) is 10.6 Å². The van der Waals surface area contributed by atoms with Crippen LogP contribution in [0.1, 0.15) is 39.2 Å². The van der Waals surface area contributed by atoms with Gasteiger partial charge in [-0.2, -0.15) is 0 Å². The maximum Gasteiger partial charge on any atom is 0.305 e. The first kappa shape index (κ1) is 19.7. The molecule has 0 aliphatic heterocycles. The van der Waals surface area contributed by atoms with Gasteiger partial charge < -0.3 is 15.7 Å². The summed E-state index contributed by atoms with van der Waals surface area (Å²) in [5, 5.41) is 14.5. The topological polar surface area (TPSA) is 95.5 Å². The highest BCUT2D eigenvalue weighted by Crippen LogP contribution is 2.20. The molecular formula is C18H26N2O4.